The largest absolute Gasteiger partial charge is 0.396 e. The van der Waals surface area contributed by atoms with Crippen molar-refractivity contribution in [1.29, 1.82) is 0 Å². The van der Waals surface area contributed by atoms with Gasteiger partial charge >= 0.3 is 0 Å². The molecule has 116 valence electrons. The lowest BCUT2D eigenvalue weighted by Crippen LogP contribution is -2.34. The van der Waals surface area contributed by atoms with E-state index in [1.165, 1.54) is 6.07 Å². The molecule has 21 heavy (non-hydrogen) atoms. The maximum Gasteiger partial charge on any atom is 0.273 e. The Balaban J connectivity index is 2.72. The molecule has 0 aliphatic carbocycles. The third-order valence-corrected chi connectivity index (χ3v) is 3.41. The third kappa shape index (κ3) is 5.15. The Bertz CT molecular complexity index is 526. The number of rotatable bonds is 7. The molecule has 0 aliphatic heterocycles. The van der Waals surface area contributed by atoms with Crippen LogP contribution in [0.2, 0.25) is 0 Å². The molecule has 0 fully saturated rings. The summed E-state index contributed by atoms with van der Waals surface area (Å²) in [6, 6.07) is 4.45. The molecule has 0 radical (unpaired) electrons. The molecule has 0 aliphatic rings. The monoisotopic (exact) mass is 294 g/mol. The number of amides is 1. The predicted molar refractivity (Wildman–Crippen MR) is 80.3 cm³/mol. The topological polar surface area (TPSA) is 92.5 Å². The summed E-state index contributed by atoms with van der Waals surface area (Å²) in [6.45, 7) is 6.22. The van der Waals surface area contributed by atoms with Gasteiger partial charge in [0.05, 0.1) is 4.92 Å². The van der Waals surface area contributed by atoms with Gasteiger partial charge in [-0.2, -0.15) is 0 Å². The van der Waals surface area contributed by atoms with E-state index in [2.05, 4.69) is 5.32 Å². The first-order valence-electron chi connectivity index (χ1n) is 6.91. The summed E-state index contributed by atoms with van der Waals surface area (Å²) in [5.41, 5.74) is 0.627. The van der Waals surface area contributed by atoms with E-state index in [-0.39, 0.29) is 29.2 Å². The number of carbonyl (C=O) groups is 1. The van der Waals surface area contributed by atoms with Crippen LogP contribution < -0.4 is 5.32 Å². The van der Waals surface area contributed by atoms with Crippen LogP contribution in [0.5, 0.6) is 0 Å². The Morgan fingerprint density at radius 1 is 1.43 bits per heavy atom. The van der Waals surface area contributed by atoms with Gasteiger partial charge in [-0.1, -0.05) is 19.9 Å². The van der Waals surface area contributed by atoms with E-state index < -0.39 is 4.92 Å². The van der Waals surface area contributed by atoms with Crippen LogP contribution in [0.3, 0.4) is 0 Å². The molecule has 0 unspecified atom stereocenters. The van der Waals surface area contributed by atoms with Gasteiger partial charge in [-0.05, 0) is 31.2 Å². The Kier molecular flexibility index (Phi) is 5.84. The van der Waals surface area contributed by atoms with Gasteiger partial charge in [0.2, 0.25) is 0 Å². The zero-order valence-corrected chi connectivity index (χ0v) is 12.7. The lowest BCUT2D eigenvalue weighted by atomic mass is 9.88. The van der Waals surface area contributed by atoms with Crippen molar-refractivity contribution in [3.8, 4) is 0 Å². The zero-order valence-electron chi connectivity index (χ0n) is 12.7. The van der Waals surface area contributed by atoms with E-state index in [1.807, 2.05) is 13.8 Å². The van der Waals surface area contributed by atoms with Gasteiger partial charge < -0.3 is 10.4 Å². The summed E-state index contributed by atoms with van der Waals surface area (Å²) in [4.78, 5) is 22.5. The van der Waals surface area contributed by atoms with E-state index in [1.54, 1.807) is 19.1 Å². The number of aryl methyl sites for hydroxylation is 1. The van der Waals surface area contributed by atoms with E-state index in [9.17, 15) is 14.9 Å². The van der Waals surface area contributed by atoms with Crippen molar-refractivity contribution in [2.75, 3.05) is 13.2 Å². The van der Waals surface area contributed by atoms with Crippen molar-refractivity contribution < 1.29 is 14.8 Å². The van der Waals surface area contributed by atoms with Gasteiger partial charge in [-0.3, -0.25) is 14.9 Å². The lowest BCUT2D eigenvalue weighted by Gasteiger charge is -2.24. The summed E-state index contributed by atoms with van der Waals surface area (Å²) in [6.07, 6.45) is 1.47. The molecule has 6 nitrogen and oxygen atoms in total. The molecule has 1 aromatic rings. The SMILES string of the molecule is Cc1ccc(C(=O)NCC(C)(C)CCCO)cc1[N+](=O)[O-]. The van der Waals surface area contributed by atoms with Crippen LogP contribution >= 0.6 is 0 Å². The number of hydrogen-bond acceptors (Lipinski definition) is 4. The molecule has 0 bridgehead atoms. The highest BCUT2D eigenvalue weighted by atomic mass is 16.6. The van der Waals surface area contributed by atoms with Gasteiger partial charge in [-0.25, -0.2) is 0 Å². The summed E-state index contributed by atoms with van der Waals surface area (Å²) in [5.74, 6) is -0.324. The number of nitro groups is 1. The maximum absolute atomic E-state index is 12.1. The first-order valence-corrected chi connectivity index (χ1v) is 6.91. The van der Waals surface area contributed by atoms with Gasteiger partial charge in [0.15, 0.2) is 0 Å². The van der Waals surface area contributed by atoms with Crippen molar-refractivity contribution in [3.63, 3.8) is 0 Å². The highest BCUT2D eigenvalue weighted by molar-refractivity contribution is 5.95. The molecule has 1 amide bonds. The molecule has 1 rings (SSSR count). The highest BCUT2D eigenvalue weighted by Crippen LogP contribution is 2.22. The van der Waals surface area contributed by atoms with Crippen LogP contribution in [-0.4, -0.2) is 29.1 Å². The smallest absolute Gasteiger partial charge is 0.273 e. The van der Waals surface area contributed by atoms with Crippen LogP contribution in [-0.2, 0) is 0 Å². The quantitative estimate of drug-likeness (QED) is 0.596. The van der Waals surface area contributed by atoms with Crippen LogP contribution in [0.1, 0.15) is 42.6 Å². The first-order chi connectivity index (χ1) is 9.76. The van der Waals surface area contributed by atoms with E-state index >= 15 is 0 Å². The van der Waals surface area contributed by atoms with Crippen LogP contribution in [0.25, 0.3) is 0 Å². The lowest BCUT2D eigenvalue weighted by molar-refractivity contribution is -0.385. The molecule has 0 aromatic heterocycles. The molecular weight excluding hydrogens is 272 g/mol. The number of aliphatic hydroxyl groups excluding tert-OH is 1. The molecule has 2 N–H and O–H groups in total. The fourth-order valence-electron chi connectivity index (χ4n) is 2.01. The standard InChI is InChI=1S/C15H22N2O4/c1-11-5-6-12(9-13(11)17(20)21)14(19)16-10-15(2,3)7-4-8-18/h5-6,9,18H,4,7-8,10H2,1-3H3,(H,16,19). The van der Waals surface area contributed by atoms with E-state index in [4.69, 9.17) is 5.11 Å². The van der Waals surface area contributed by atoms with Gasteiger partial charge in [0.1, 0.15) is 0 Å². The minimum Gasteiger partial charge on any atom is -0.396 e. The molecule has 0 saturated heterocycles. The maximum atomic E-state index is 12.1. The minimum absolute atomic E-state index is 0.0535. The number of nitro benzene ring substituents is 1. The number of hydrogen-bond donors (Lipinski definition) is 2. The highest BCUT2D eigenvalue weighted by Gasteiger charge is 2.20. The second-order valence-electron chi connectivity index (χ2n) is 5.93. The van der Waals surface area contributed by atoms with Crippen molar-refractivity contribution in [1.82, 2.24) is 5.32 Å². The summed E-state index contributed by atoms with van der Waals surface area (Å²) in [7, 11) is 0. The Labute approximate surface area is 124 Å². The number of nitrogens with zero attached hydrogens (tertiary/aromatic N) is 1. The average molecular weight is 294 g/mol. The van der Waals surface area contributed by atoms with E-state index in [0.29, 0.717) is 18.5 Å². The molecule has 0 saturated carbocycles. The number of benzene rings is 1. The second-order valence-corrected chi connectivity index (χ2v) is 5.93. The van der Waals surface area contributed by atoms with Gasteiger partial charge in [0, 0.05) is 30.3 Å². The van der Waals surface area contributed by atoms with Gasteiger partial charge in [0.25, 0.3) is 11.6 Å². The molecule has 0 heterocycles. The van der Waals surface area contributed by atoms with Crippen molar-refractivity contribution in [2.45, 2.75) is 33.6 Å². The van der Waals surface area contributed by atoms with Gasteiger partial charge in [-0.15, -0.1) is 0 Å². The zero-order chi connectivity index (χ0) is 16.0. The number of aliphatic hydroxyl groups is 1. The minimum atomic E-state index is -0.489. The normalized spacial score (nSPS) is 11.2. The van der Waals surface area contributed by atoms with Crippen LogP contribution in [0.4, 0.5) is 5.69 Å². The molecule has 0 atom stereocenters. The Hall–Kier alpha value is -1.95. The molecule has 1 aromatic carbocycles. The van der Waals surface area contributed by atoms with Crippen molar-refractivity contribution in [3.05, 3.63) is 39.4 Å². The Morgan fingerprint density at radius 2 is 2.10 bits per heavy atom. The fraction of sp³-hybridized carbons (Fsp3) is 0.533. The number of carbonyl (C=O) groups excluding carboxylic acids is 1. The fourth-order valence-corrected chi connectivity index (χ4v) is 2.01. The molecular formula is C15H22N2O4. The Morgan fingerprint density at radius 3 is 2.67 bits per heavy atom. The average Bonchev–Trinajstić information content (AvgIpc) is 2.43. The first kappa shape index (κ1) is 17.1. The summed E-state index contributed by atoms with van der Waals surface area (Å²) < 4.78 is 0. The summed E-state index contributed by atoms with van der Waals surface area (Å²) in [5, 5.41) is 22.5. The third-order valence-electron chi connectivity index (χ3n) is 3.41. The predicted octanol–water partition coefficient (Wildman–Crippen LogP) is 2.43. The van der Waals surface area contributed by atoms with Crippen molar-refractivity contribution in [2.24, 2.45) is 5.41 Å². The number of nitrogens with one attached hydrogen (secondary N) is 1. The van der Waals surface area contributed by atoms with Crippen LogP contribution in [0.15, 0.2) is 18.2 Å². The molecule has 0 spiro atoms. The molecule has 6 heteroatoms. The van der Waals surface area contributed by atoms with E-state index in [0.717, 1.165) is 6.42 Å². The summed E-state index contributed by atoms with van der Waals surface area (Å²) >= 11 is 0. The van der Waals surface area contributed by atoms with Crippen LogP contribution in [0, 0.1) is 22.5 Å². The van der Waals surface area contributed by atoms with Crippen molar-refractivity contribution >= 4 is 11.6 Å². The second kappa shape index (κ2) is 7.17.